The monoisotopic (exact) mass is 416 g/mol. The van der Waals surface area contributed by atoms with Gasteiger partial charge in [0, 0.05) is 17.1 Å². The van der Waals surface area contributed by atoms with Crippen LogP contribution in [0.3, 0.4) is 0 Å². The summed E-state index contributed by atoms with van der Waals surface area (Å²) < 4.78 is 27.5. The highest BCUT2D eigenvalue weighted by Crippen LogP contribution is 2.32. The molecule has 25 heavy (non-hydrogen) atoms. The van der Waals surface area contributed by atoms with Crippen molar-refractivity contribution in [2.24, 2.45) is 0 Å². The Morgan fingerprint density at radius 3 is 2.84 bits per heavy atom. The van der Waals surface area contributed by atoms with E-state index in [1.165, 1.54) is 10.4 Å². The minimum Gasteiger partial charge on any atom is -0.325 e. The molecule has 9 heteroatoms. The molecule has 2 aromatic rings. The van der Waals surface area contributed by atoms with Gasteiger partial charge in [0.05, 0.1) is 4.34 Å². The van der Waals surface area contributed by atoms with Crippen LogP contribution in [0.25, 0.3) is 0 Å². The molecule has 1 unspecified atom stereocenters. The fraction of sp³-hybridized carbons (Fsp3) is 0.312. The molecule has 0 radical (unpaired) electrons. The van der Waals surface area contributed by atoms with E-state index in [1.54, 1.807) is 23.9 Å². The lowest BCUT2D eigenvalue weighted by molar-refractivity contribution is -0.119. The second-order valence-electron chi connectivity index (χ2n) is 5.55. The SMILES string of the molecule is CSc1cccc(NC(=O)C2CCCN2S(=O)(=O)c2ccc(Cl)s2)c1. The molecule has 1 aromatic carbocycles. The molecule has 1 N–H and O–H groups in total. The Morgan fingerprint density at radius 2 is 2.16 bits per heavy atom. The second-order valence-corrected chi connectivity index (χ2v) is 10.3. The lowest BCUT2D eigenvalue weighted by Gasteiger charge is -2.22. The number of nitrogens with one attached hydrogen (secondary N) is 1. The molecule has 5 nitrogen and oxygen atoms in total. The maximum atomic E-state index is 12.8. The van der Waals surface area contributed by atoms with E-state index in [-0.39, 0.29) is 10.1 Å². The summed E-state index contributed by atoms with van der Waals surface area (Å²) >= 11 is 8.45. The Labute approximate surface area is 160 Å². The molecule has 2 heterocycles. The average Bonchev–Trinajstić information content (AvgIpc) is 3.24. The first-order valence-corrected chi connectivity index (χ1v) is 11.5. The predicted molar refractivity (Wildman–Crippen MR) is 103 cm³/mol. The molecule has 0 aliphatic carbocycles. The van der Waals surface area contributed by atoms with E-state index in [2.05, 4.69) is 5.32 Å². The summed E-state index contributed by atoms with van der Waals surface area (Å²) in [5.41, 5.74) is 0.667. The van der Waals surface area contributed by atoms with Crippen LogP contribution in [0.1, 0.15) is 12.8 Å². The van der Waals surface area contributed by atoms with Crippen molar-refractivity contribution in [2.75, 3.05) is 18.1 Å². The van der Waals surface area contributed by atoms with Gasteiger partial charge in [0.25, 0.3) is 10.0 Å². The Hall–Kier alpha value is -1.06. The van der Waals surface area contributed by atoms with Crippen molar-refractivity contribution >= 4 is 56.3 Å². The van der Waals surface area contributed by atoms with Crippen LogP contribution in [0.15, 0.2) is 45.5 Å². The number of amides is 1. The number of thioether (sulfide) groups is 1. The van der Waals surface area contributed by atoms with Crippen molar-refractivity contribution in [2.45, 2.75) is 28.0 Å². The molecule has 1 aliphatic rings. The van der Waals surface area contributed by atoms with Crippen LogP contribution in [0.2, 0.25) is 4.34 Å². The molecule has 134 valence electrons. The third-order valence-electron chi connectivity index (χ3n) is 3.96. The Kier molecular flexibility index (Phi) is 5.75. The highest BCUT2D eigenvalue weighted by atomic mass is 35.5. The number of carbonyl (C=O) groups excluding carboxylic acids is 1. The summed E-state index contributed by atoms with van der Waals surface area (Å²) in [6.45, 7) is 0.334. The Bertz CT molecular complexity index is 882. The van der Waals surface area contributed by atoms with E-state index in [4.69, 9.17) is 11.6 Å². The number of rotatable bonds is 5. The van der Waals surface area contributed by atoms with E-state index >= 15 is 0 Å². The number of hydrogen-bond acceptors (Lipinski definition) is 5. The van der Waals surface area contributed by atoms with Crippen LogP contribution < -0.4 is 5.32 Å². The molecule has 0 spiro atoms. The van der Waals surface area contributed by atoms with Crippen LogP contribution in [0, 0.1) is 0 Å². The maximum Gasteiger partial charge on any atom is 0.253 e. The molecule has 0 saturated carbocycles. The zero-order valence-corrected chi connectivity index (χ0v) is 16.6. The second kappa shape index (κ2) is 7.67. The van der Waals surface area contributed by atoms with Gasteiger partial charge in [-0.25, -0.2) is 8.42 Å². The number of halogens is 1. The topological polar surface area (TPSA) is 66.5 Å². The van der Waals surface area contributed by atoms with Gasteiger partial charge >= 0.3 is 0 Å². The third kappa shape index (κ3) is 4.03. The lowest BCUT2D eigenvalue weighted by atomic mass is 10.2. The number of anilines is 1. The molecule has 1 amide bonds. The fourth-order valence-corrected chi connectivity index (χ4v) is 6.50. The van der Waals surface area contributed by atoms with Crippen molar-refractivity contribution in [3.8, 4) is 0 Å². The molecule has 3 rings (SSSR count). The molecule has 1 aliphatic heterocycles. The first-order chi connectivity index (χ1) is 11.9. The van der Waals surface area contributed by atoms with Gasteiger partial charge in [-0.05, 0) is 49.4 Å². The minimum atomic E-state index is -3.71. The van der Waals surface area contributed by atoms with Crippen molar-refractivity contribution in [1.82, 2.24) is 4.31 Å². The zero-order valence-electron chi connectivity index (χ0n) is 13.4. The first-order valence-electron chi connectivity index (χ1n) is 7.64. The van der Waals surface area contributed by atoms with Crippen molar-refractivity contribution in [1.29, 1.82) is 0 Å². The van der Waals surface area contributed by atoms with Crippen molar-refractivity contribution < 1.29 is 13.2 Å². The number of carbonyl (C=O) groups is 1. The third-order valence-corrected chi connectivity index (χ3v) is 8.29. The van der Waals surface area contributed by atoms with Crippen molar-refractivity contribution in [3.63, 3.8) is 0 Å². The number of thiophene rings is 1. The highest BCUT2D eigenvalue weighted by Gasteiger charge is 2.40. The summed E-state index contributed by atoms with van der Waals surface area (Å²) in [4.78, 5) is 13.7. The summed E-state index contributed by atoms with van der Waals surface area (Å²) in [5.74, 6) is -0.304. The molecule has 1 aromatic heterocycles. The van der Waals surface area contributed by atoms with Gasteiger partial charge in [0.15, 0.2) is 0 Å². The lowest BCUT2D eigenvalue weighted by Crippen LogP contribution is -2.42. The Balaban J connectivity index is 1.80. The van der Waals surface area contributed by atoms with E-state index in [0.717, 1.165) is 16.2 Å². The van der Waals surface area contributed by atoms with Gasteiger partial charge < -0.3 is 5.32 Å². The molecule has 1 saturated heterocycles. The standard InChI is InChI=1S/C16H17ClN2O3S3/c1-23-12-5-2-4-11(10-12)18-16(20)13-6-3-9-19(13)25(21,22)15-8-7-14(17)24-15/h2,4-5,7-8,10,13H,3,6,9H2,1H3,(H,18,20). The summed E-state index contributed by atoms with van der Waals surface area (Å²) in [7, 11) is -3.71. The van der Waals surface area contributed by atoms with Crippen LogP contribution in [0.5, 0.6) is 0 Å². The van der Waals surface area contributed by atoms with Gasteiger partial charge in [-0.1, -0.05) is 17.7 Å². The summed E-state index contributed by atoms with van der Waals surface area (Å²) in [5, 5.41) is 2.84. The van der Waals surface area contributed by atoms with Crippen LogP contribution >= 0.6 is 34.7 Å². The molecular weight excluding hydrogens is 400 g/mol. The van der Waals surface area contributed by atoms with Gasteiger partial charge in [0.2, 0.25) is 5.91 Å². The normalized spacial score (nSPS) is 18.4. The minimum absolute atomic E-state index is 0.168. The zero-order chi connectivity index (χ0) is 18.0. The quantitative estimate of drug-likeness (QED) is 0.750. The van der Waals surface area contributed by atoms with E-state index in [9.17, 15) is 13.2 Å². The van der Waals surface area contributed by atoms with Crippen LogP contribution in [-0.4, -0.2) is 37.5 Å². The predicted octanol–water partition coefficient (Wildman–Crippen LogP) is 3.92. The first kappa shape index (κ1) is 18.7. The number of sulfonamides is 1. The largest absolute Gasteiger partial charge is 0.325 e. The molecule has 0 bridgehead atoms. The molecular formula is C16H17ClN2O3S3. The maximum absolute atomic E-state index is 12.8. The van der Waals surface area contributed by atoms with Gasteiger partial charge in [-0.15, -0.1) is 23.1 Å². The van der Waals surface area contributed by atoms with E-state index in [1.807, 2.05) is 24.5 Å². The van der Waals surface area contributed by atoms with E-state index in [0.29, 0.717) is 29.4 Å². The molecule has 1 atom stereocenters. The van der Waals surface area contributed by atoms with Crippen LogP contribution in [0.4, 0.5) is 5.69 Å². The summed E-state index contributed by atoms with van der Waals surface area (Å²) in [6.07, 6.45) is 3.12. The van der Waals surface area contributed by atoms with E-state index < -0.39 is 16.1 Å². The number of hydrogen-bond donors (Lipinski definition) is 1. The fourth-order valence-electron chi connectivity index (χ4n) is 2.77. The number of nitrogens with zero attached hydrogens (tertiary/aromatic N) is 1. The average molecular weight is 417 g/mol. The summed E-state index contributed by atoms with van der Waals surface area (Å²) in [6, 6.07) is 9.81. The van der Waals surface area contributed by atoms with Gasteiger partial charge in [0.1, 0.15) is 10.3 Å². The van der Waals surface area contributed by atoms with Gasteiger partial charge in [-0.2, -0.15) is 4.31 Å². The Morgan fingerprint density at radius 1 is 1.36 bits per heavy atom. The van der Waals surface area contributed by atoms with Crippen molar-refractivity contribution in [3.05, 3.63) is 40.7 Å². The highest BCUT2D eigenvalue weighted by molar-refractivity contribution is 7.98. The van der Waals surface area contributed by atoms with Crippen LogP contribution in [-0.2, 0) is 14.8 Å². The van der Waals surface area contributed by atoms with Gasteiger partial charge in [-0.3, -0.25) is 4.79 Å². The smallest absolute Gasteiger partial charge is 0.253 e. The number of benzene rings is 1. The molecule has 1 fully saturated rings.